The number of carbonyl (C=O) groups excluding carboxylic acids is 1. The molecule has 0 bridgehead atoms. The zero-order chi connectivity index (χ0) is 22.6. The molecule has 33 heavy (non-hydrogen) atoms. The Kier molecular flexibility index (Phi) is 4.96. The third-order valence-corrected chi connectivity index (χ3v) is 7.77. The van der Waals surface area contributed by atoms with Crippen molar-refractivity contribution < 1.29 is 19.4 Å². The minimum absolute atomic E-state index is 0.0277. The van der Waals surface area contributed by atoms with Crippen LogP contribution >= 0.6 is 0 Å². The highest BCUT2D eigenvalue weighted by atomic mass is 16.7. The van der Waals surface area contributed by atoms with Gasteiger partial charge in [0.2, 0.25) is 6.79 Å². The van der Waals surface area contributed by atoms with Crippen LogP contribution in [-0.4, -0.2) is 65.4 Å². The smallest absolute Gasteiger partial charge is 0.254 e. The van der Waals surface area contributed by atoms with E-state index in [1.54, 1.807) is 6.07 Å². The van der Waals surface area contributed by atoms with Crippen LogP contribution in [0.1, 0.15) is 47.2 Å². The summed E-state index contributed by atoms with van der Waals surface area (Å²) in [6.45, 7) is 4.76. The second-order valence-corrected chi connectivity index (χ2v) is 9.82. The molecule has 4 aliphatic rings. The van der Waals surface area contributed by atoms with Crippen LogP contribution in [0.5, 0.6) is 11.5 Å². The molecule has 3 heterocycles. The largest absolute Gasteiger partial charge is 0.454 e. The van der Waals surface area contributed by atoms with Crippen LogP contribution in [0, 0.1) is 5.92 Å². The van der Waals surface area contributed by atoms with E-state index in [0.29, 0.717) is 30.2 Å². The molecular formula is C27H30N2O4. The molecule has 1 N–H and O–H groups in total. The number of rotatable bonds is 6. The topological polar surface area (TPSA) is 62.2 Å². The lowest BCUT2D eigenvalue weighted by Gasteiger charge is -2.71. The number of aliphatic hydroxyl groups excluding tert-OH is 1. The fourth-order valence-corrected chi connectivity index (χ4v) is 5.95. The molecule has 0 aromatic heterocycles. The average Bonchev–Trinajstić information content (AvgIpc) is 3.50. The van der Waals surface area contributed by atoms with Crippen molar-refractivity contribution >= 4 is 12.0 Å². The van der Waals surface area contributed by atoms with E-state index in [4.69, 9.17) is 9.47 Å². The number of carbonyl (C=O) groups is 1. The van der Waals surface area contributed by atoms with E-state index in [1.807, 2.05) is 30.0 Å². The van der Waals surface area contributed by atoms with Crippen LogP contribution in [0.2, 0.25) is 0 Å². The second-order valence-electron chi connectivity index (χ2n) is 9.82. The number of hydrogen-bond acceptors (Lipinski definition) is 5. The number of benzene rings is 2. The molecule has 1 spiro atoms. The van der Waals surface area contributed by atoms with Crippen LogP contribution in [-0.2, 0) is 0 Å². The lowest BCUT2D eigenvalue weighted by Crippen LogP contribution is -2.85. The first-order valence-corrected chi connectivity index (χ1v) is 11.9. The summed E-state index contributed by atoms with van der Waals surface area (Å²) in [4.78, 5) is 17.7. The molecule has 6 nitrogen and oxygen atoms in total. The number of fused-ring (bicyclic) bond motifs is 1. The van der Waals surface area contributed by atoms with Gasteiger partial charge in [0.1, 0.15) is 0 Å². The van der Waals surface area contributed by atoms with E-state index in [9.17, 15) is 9.90 Å². The number of ether oxygens (including phenoxy) is 2. The van der Waals surface area contributed by atoms with Gasteiger partial charge in [-0.15, -0.1) is 0 Å². The highest BCUT2D eigenvalue weighted by Gasteiger charge is 2.66. The molecule has 2 aromatic carbocycles. The number of likely N-dealkylation sites (tertiary alicyclic amines) is 2. The number of hydrogen-bond donors (Lipinski definition) is 1. The van der Waals surface area contributed by atoms with Gasteiger partial charge >= 0.3 is 0 Å². The van der Waals surface area contributed by atoms with Crippen molar-refractivity contribution in [3.05, 3.63) is 65.2 Å². The van der Waals surface area contributed by atoms with E-state index in [0.717, 1.165) is 12.5 Å². The van der Waals surface area contributed by atoms with Gasteiger partial charge < -0.3 is 19.5 Å². The highest BCUT2D eigenvalue weighted by Crippen LogP contribution is 2.55. The number of aliphatic hydroxyl groups is 1. The summed E-state index contributed by atoms with van der Waals surface area (Å²) in [5, 5.41) is 10.3. The predicted octanol–water partition coefficient (Wildman–Crippen LogP) is 3.51. The molecule has 0 radical (unpaired) electrons. The fourth-order valence-electron chi connectivity index (χ4n) is 5.95. The van der Waals surface area contributed by atoms with Crippen LogP contribution < -0.4 is 9.47 Å². The molecule has 6 rings (SSSR count). The third kappa shape index (κ3) is 3.35. The monoisotopic (exact) mass is 446 g/mol. The van der Waals surface area contributed by atoms with E-state index in [-0.39, 0.29) is 36.8 Å². The minimum atomic E-state index is -0.0932. The van der Waals surface area contributed by atoms with Crippen LogP contribution in [0.25, 0.3) is 6.08 Å². The van der Waals surface area contributed by atoms with Gasteiger partial charge in [0.05, 0.1) is 12.1 Å². The number of allylic oxidation sites excluding steroid dienone is 1. The van der Waals surface area contributed by atoms with Crippen molar-refractivity contribution in [3.63, 3.8) is 0 Å². The van der Waals surface area contributed by atoms with Gasteiger partial charge in [0.15, 0.2) is 11.5 Å². The fraction of sp³-hybridized carbons (Fsp3) is 0.444. The lowest BCUT2D eigenvalue weighted by molar-refractivity contribution is -0.180. The minimum Gasteiger partial charge on any atom is -0.454 e. The van der Waals surface area contributed by atoms with Crippen LogP contribution in [0.4, 0.5) is 0 Å². The Morgan fingerprint density at radius 1 is 1.12 bits per heavy atom. The molecule has 1 aliphatic carbocycles. The van der Waals surface area contributed by atoms with Crippen molar-refractivity contribution in [3.8, 4) is 11.5 Å². The molecule has 6 heteroatoms. The van der Waals surface area contributed by atoms with Crippen molar-refractivity contribution in [2.75, 3.05) is 33.0 Å². The Balaban J connectivity index is 1.25. The van der Waals surface area contributed by atoms with Crippen LogP contribution in [0.3, 0.4) is 0 Å². The van der Waals surface area contributed by atoms with Gasteiger partial charge in [0, 0.05) is 37.2 Å². The van der Waals surface area contributed by atoms with Gasteiger partial charge in [0.25, 0.3) is 5.91 Å². The molecule has 2 atom stereocenters. The molecule has 2 saturated heterocycles. The molecule has 1 saturated carbocycles. The van der Waals surface area contributed by atoms with Gasteiger partial charge in [-0.2, -0.15) is 0 Å². The van der Waals surface area contributed by atoms with Crippen LogP contribution in [0.15, 0.2) is 48.5 Å². The summed E-state index contributed by atoms with van der Waals surface area (Å²) in [6.07, 6.45) is 6.68. The van der Waals surface area contributed by atoms with E-state index >= 15 is 0 Å². The second kappa shape index (κ2) is 7.89. The zero-order valence-electron chi connectivity index (χ0n) is 18.9. The number of nitrogens with zero attached hydrogens (tertiary/aromatic N) is 2. The van der Waals surface area contributed by atoms with Crippen molar-refractivity contribution in [1.29, 1.82) is 0 Å². The van der Waals surface area contributed by atoms with Gasteiger partial charge in [-0.3, -0.25) is 9.69 Å². The molecule has 172 valence electrons. The summed E-state index contributed by atoms with van der Waals surface area (Å²) in [7, 11) is 0. The van der Waals surface area contributed by atoms with Gasteiger partial charge in [-0.05, 0) is 55.0 Å². The third-order valence-electron chi connectivity index (χ3n) is 7.77. The van der Waals surface area contributed by atoms with Gasteiger partial charge in [-0.25, -0.2) is 0 Å². The van der Waals surface area contributed by atoms with Crippen molar-refractivity contribution in [2.24, 2.45) is 5.92 Å². The lowest BCUT2D eigenvalue weighted by atomic mass is 9.60. The van der Waals surface area contributed by atoms with Crippen molar-refractivity contribution in [1.82, 2.24) is 9.80 Å². The SMILES string of the molecule is CC=Cc1ccc([C@@H]2[C@H](CO)N(CC3CC3)C23CN(C(=O)c2ccc4c(c2)OCO4)C3)cc1. The molecular weight excluding hydrogens is 416 g/mol. The standard InChI is InChI=1S/C27H30N2O4/c1-2-3-18-6-8-20(9-7-18)25-22(14-30)29(13-19-4-5-19)27(25)15-28(16-27)26(31)21-10-11-23-24(12-21)33-17-32-23/h2-3,6-12,19,22,25,30H,4-5,13-17H2,1H3/t22-,25+/m0/s1. The molecule has 3 aliphatic heterocycles. The Hall–Kier alpha value is -2.83. The van der Waals surface area contributed by atoms with Crippen molar-refractivity contribution in [2.45, 2.75) is 37.3 Å². The Labute approximate surface area is 194 Å². The zero-order valence-corrected chi connectivity index (χ0v) is 18.9. The normalized spacial score (nSPS) is 25.3. The van der Waals surface area contributed by atoms with E-state index in [1.165, 1.54) is 24.0 Å². The summed E-state index contributed by atoms with van der Waals surface area (Å²) >= 11 is 0. The Bertz CT molecular complexity index is 1090. The molecule has 3 fully saturated rings. The molecule has 0 unspecified atom stereocenters. The van der Waals surface area contributed by atoms with Gasteiger partial charge in [-0.1, -0.05) is 36.4 Å². The first-order valence-electron chi connectivity index (χ1n) is 11.9. The first-order chi connectivity index (χ1) is 16.1. The number of amides is 1. The molecule has 2 aromatic rings. The Morgan fingerprint density at radius 3 is 2.58 bits per heavy atom. The maximum atomic E-state index is 13.3. The predicted molar refractivity (Wildman–Crippen MR) is 125 cm³/mol. The summed E-state index contributed by atoms with van der Waals surface area (Å²) in [5.41, 5.74) is 2.97. The first kappa shape index (κ1) is 20.8. The highest BCUT2D eigenvalue weighted by molar-refractivity contribution is 5.96. The maximum absolute atomic E-state index is 13.3. The van der Waals surface area contributed by atoms with E-state index in [2.05, 4.69) is 35.2 Å². The Morgan fingerprint density at radius 2 is 1.88 bits per heavy atom. The summed E-state index contributed by atoms with van der Waals surface area (Å²) in [6, 6.07) is 14.2. The maximum Gasteiger partial charge on any atom is 0.254 e. The summed E-state index contributed by atoms with van der Waals surface area (Å²) in [5.74, 6) is 2.30. The quantitative estimate of drug-likeness (QED) is 0.736. The summed E-state index contributed by atoms with van der Waals surface area (Å²) < 4.78 is 10.8. The molecule has 1 amide bonds. The average molecular weight is 447 g/mol. The van der Waals surface area contributed by atoms with E-state index < -0.39 is 0 Å².